The lowest BCUT2D eigenvalue weighted by Crippen LogP contribution is -2.56. The standard InChI is InChI=1S/C34H52FN7O3S/c1-36-46(44,45)30-16-12-15-29(35)27(30)22-39-33(43)25-13-11-14-26(21-25)38-23-31-40-41-32(42(31)2)28-17-20-37-24-34(28)18-9-7-5-3-4-6-8-10-19-34/h11-16,21,28,31-32,36-38,40-41H,3-10,17-20,22-24H2,1-2H3,(H,39,43). The zero-order valence-corrected chi connectivity index (χ0v) is 28.2. The molecule has 254 valence electrons. The number of benzene rings is 2. The van der Waals surface area contributed by atoms with E-state index in [2.05, 4.69) is 43.5 Å². The van der Waals surface area contributed by atoms with Gasteiger partial charge in [-0.1, -0.05) is 63.5 Å². The molecule has 1 aliphatic carbocycles. The van der Waals surface area contributed by atoms with E-state index in [9.17, 15) is 17.6 Å². The molecule has 1 spiro atoms. The van der Waals surface area contributed by atoms with E-state index in [0.717, 1.165) is 25.2 Å². The van der Waals surface area contributed by atoms with Crippen molar-refractivity contribution in [3.05, 3.63) is 59.4 Å². The average molecular weight is 658 g/mol. The number of amides is 1. The monoisotopic (exact) mass is 657 g/mol. The van der Waals surface area contributed by atoms with Crippen LogP contribution in [0.3, 0.4) is 0 Å². The Bertz CT molecular complexity index is 1410. The van der Waals surface area contributed by atoms with Crippen LogP contribution in [0.15, 0.2) is 47.4 Å². The van der Waals surface area contributed by atoms with Crippen molar-refractivity contribution in [2.45, 2.75) is 94.4 Å². The molecule has 46 heavy (non-hydrogen) atoms. The number of piperidine rings is 1. The van der Waals surface area contributed by atoms with Gasteiger partial charge in [-0.25, -0.2) is 28.4 Å². The minimum atomic E-state index is -3.89. The number of nitrogens with zero attached hydrogens (tertiary/aromatic N) is 1. The number of carbonyl (C=O) groups is 1. The normalized spacial score (nSPS) is 24.7. The molecule has 12 heteroatoms. The molecule has 2 aromatic carbocycles. The lowest BCUT2D eigenvalue weighted by atomic mass is 9.64. The van der Waals surface area contributed by atoms with E-state index in [1.165, 1.54) is 89.5 Å². The highest BCUT2D eigenvalue weighted by molar-refractivity contribution is 7.89. The lowest BCUT2D eigenvalue weighted by molar-refractivity contribution is 0.0140. The van der Waals surface area contributed by atoms with Gasteiger partial charge in [0.25, 0.3) is 5.91 Å². The predicted octanol–water partition coefficient (Wildman–Crippen LogP) is 4.28. The fourth-order valence-electron chi connectivity index (χ4n) is 7.70. The van der Waals surface area contributed by atoms with Gasteiger partial charge in [0.15, 0.2) is 0 Å². The van der Waals surface area contributed by atoms with Crippen molar-refractivity contribution in [2.75, 3.05) is 39.0 Å². The maximum Gasteiger partial charge on any atom is 0.251 e. The third-order valence-corrected chi connectivity index (χ3v) is 11.9. The van der Waals surface area contributed by atoms with Crippen LogP contribution in [-0.2, 0) is 16.6 Å². The van der Waals surface area contributed by atoms with Gasteiger partial charge >= 0.3 is 0 Å². The third-order valence-electron chi connectivity index (χ3n) is 10.4. The maximum atomic E-state index is 14.6. The van der Waals surface area contributed by atoms with Crippen molar-refractivity contribution in [1.29, 1.82) is 0 Å². The van der Waals surface area contributed by atoms with Crippen LogP contribution < -0.4 is 31.5 Å². The third kappa shape index (κ3) is 8.26. The van der Waals surface area contributed by atoms with Gasteiger partial charge in [-0.2, -0.15) is 0 Å². The van der Waals surface area contributed by atoms with Gasteiger partial charge in [-0.15, -0.1) is 0 Å². The van der Waals surface area contributed by atoms with E-state index in [1.807, 2.05) is 6.07 Å². The first-order valence-electron chi connectivity index (χ1n) is 17.0. The second-order valence-corrected chi connectivity index (χ2v) is 15.1. The van der Waals surface area contributed by atoms with Crippen LogP contribution in [0, 0.1) is 17.2 Å². The second kappa shape index (κ2) is 16.0. The Balaban J connectivity index is 1.19. The molecular formula is C34H52FN7O3S. The Labute approximate surface area is 274 Å². The summed E-state index contributed by atoms with van der Waals surface area (Å²) >= 11 is 0. The van der Waals surface area contributed by atoms with Crippen molar-refractivity contribution >= 4 is 21.6 Å². The summed E-state index contributed by atoms with van der Waals surface area (Å²) in [5.74, 6) is -0.560. The summed E-state index contributed by atoms with van der Waals surface area (Å²) in [4.78, 5) is 15.3. The van der Waals surface area contributed by atoms with E-state index in [1.54, 1.807) is 18.2 Å². The Kier molecular flexibility index (Phi) is 12.1. The molecule has 2 aliphatic heterocycles. The minimum Gasteiger partial charge on any atom is -0.382 e. The van der Waals surface area contributed by atoms with Gasteiger partial charge < -0.3 is 16.0 Å². The van der Waals surface area contributed by atoms with E-state index < -0.39 is 21.7 Å². The summed E-state index contributed by atoms with van der Waals surface area (Å²) in [6, 6.07) is 11.0. The number of likely N-dealkylation sites (N-methyl/N-ethyl adjacent to an activating group) is 1. The predicted molar refractivity (Wildman–Crippen MR) is 180 cm³/mol. The quantitative estimate of drug-likeness (QED) is 0.236. The highest BCUT2D eigenvalue weighted by atomic mass is 32.2. The number of halogens is 1. The van der Waals surface area contributed by atoms with Gasteiger partial charge in [0.05, 0.1) is 17.2 Å². The van der Waals surface area contributed by atoms with Gasteiger partial charge in [-0.3, -0.25) is 9.69 Å². The summed E-state index contributed by atoms with van der Waals surface area (Å²) in [5.41, 5.74) is 8.60. The SMILES string of the molecule is CNS(=O)(=O)c1cccc(F)c1CNC(=O)c1cccc(NCC2NNC(C3CCNCC34CCCCCCCCCC4)N2C)c1. The summed E-state index contributed by atoms with van der Waals surface area (Å²) in [6.07, 6.45) is 14.8. The maximum absolute atomic E-state index is 14.6. The van der Waals surface area contributed by atoms with Crippen molar-refractivity contribution in [2.24, 2.45) is 11.3 Å². The number of hydrogen-bond donors (Lipinski definition) is 6. The number of carbonyl (C=O) groups excluding carboxylic acids is 1. The van der Waals surface area contributed by atoms with Crippen LogP contribution in [0.5, 0.6) is 0 Å². The molecule has 6 N–H and O–H groups in total. The van der Waals surface area contributed by atoms with Crippen LogP contribution in [-0.4, -0.2) is 65.3 Å². The summed E-state index contributed by atoms with van der Waals surface area (Å²) in [6.45, 7) is 2.52. The number of hydrazine groups is 1. The lowest BCUT2D eigenvalue weighted by Gasteiger charge is -2.49. The largest absolute Gasteiger partial charge is 0.382 e. The van der Waals surface area contributed by atoms with Crippen LogP contribution in [0.1, 0.15) is 86.6 Å². The molecule has 3 unspecified atom stereocenters. The van der Waals surface area contributed by atoms with Crippen molar-refractivity contribution in [3.8, 4) is 0 Å². The summed E-state index contributed by atoms with van der Waals surface area (Å²) in [7, 11) is -0.427. The van der Waals surface area contributed by atoms with Crippen molar-refractivity contribution in [3.63, 3.8) is 0 Å². The highest BCUT2D eigenvalue weighted by Gasteiger charge is 2.47. The molecule has 0 aromatic heterocycles. The average Bonchev–Trinajstić information content (AvgIpc) is 3.40. The summed E-state index contributed by atoms with van der Waals surface area (Å²) in [5, 5.41) is 9.92. The summed E-state index contributed by atoms with van der Waals surface area (Å²) < 4.78 is 41.5. The van der Waals surface area contributed by atoms with Crippen LogP contribution in [0.4, 0.5) is 10.1 Å². The molecule has 3 fully saturated rings. The zero-order valence-electron chi connectivity index (χ0n) is 27.3. The Morgan fingerprint density at radius 2 is 1.70 bits per heavy atom. The molecule has 5 rings (SSSR count). The highest BCUT2D eigenvalue weighted by Crippen LogP contribution is 2.45. The van der Waals surface area contributed by atoms with E-state index in [4.69, 9.17) is 0 Å². The number of hydrogen-bond acceptors (Lipinski definition) is 8. The van der Waals surface area contributed by atoms with E-state index in [0.29, 0.717) is 23.4 Å². The second-order valence-electron chi connectivity index (χ2n) is 13.2. The molecule has 2 aromatic rings. The topological polar surface area (TPSA) is 127 Å². The Morgan fingerprint density at radius 3 is 2.41 bits per heavy atom. The van der Waals surface area contributed by atoms with Crippen molar-refractivity contribution < 1.29 is 17.6 Å². The van der Waals surface area contributed by atoms with Crippen LogP contribution in [0.25, 0.3) is 0 Å². The van der Waals surface area contributed by atoms with Gasteiger partial charge in [0.1, 0.15) is 5.82 Å². The number of rotatable bonds is 9. The molecular weight excluding hydrogens is 605 g/mol. The van der Waals surface area contributed by atoms with E-state index >= 15 is 0 Å². The Hall–Kier alpha value is -2.61. The van der Waals surface area contributed by atoms with Gasteiger partial charge in [0.2, 0.25) is 10.0 Å². The first-order chi connectivity index (χ1) is 22.2. The Morgan fingerprint density at radius 1 is 1.00 bits per heavy atom. The first-order valence-corrected chi connectivity index (χ1v) is 18.5. The van der Waals surface area contributed by atoms with E-state index in [-0.39, 0.29) is 29.3 Å². The molecule has 1 amide bonds. The molecule has 0 bridgehead atoms. The first kappa shape index (κ1) is 34.7. The van der Waals surface area contributed by atoms with Gasteiger partial charge in [0, 0.05) is 36.4 Å². The fourth-order valence-corrected chi connectivity index (χ4v) is 8.67. The smallest absolute Gasteiger partial charge is 0.251 e. The zero-order chi connectivity index (χ0) is 32.6. The number of anilines is 1. The number of sulfonamides is 1. The van der Waals surface area contributed by atoms with Gasteiger partial charge in [-0.05, 0) is 81.6 Å². The molecule has 3 aliphatic rings. The van der Waals surface area contributed by atoms with Crippen LogP contribution >= 0.6 is 0 Å². The van der Waals surface area contributed by atoms with Crippen molar-refractivity contribution in [1.82, 2.24) is 31.1 Å². The molecule has 0 radical (unpaired) electrons. The number of nitrogens with one attached hydrogen (secondary N) is 6. The fraction of sp³-hybridized carbons (Fsp3) is 0.618. The minimum absolute atomic E-state index is 0.0609. The molecule has 1 saturated carbocycles. The molecule has 3 atom stereocenters. The van der Waals surface area contributed by atoms with Crippen LogP contribution in [0.2, 0.25) is 0 Å². The molecule has 10 nitrogen and oxygen atoms in total. The molecule has 2 saturated heterocycles. The molecule has 2 heterocycles.